The van der Waals surface area contributed by atoms with E-state index >= 15 is 0 Å². The Hall–Kier alpha value is -2.53. The van der Waals surface area contributed by atoms with Crippen LogP contribution in [-0.4, -0.2) is 11.8 Å². The normalized spacial score (nSPS) is 11.2. The van der Waals surface area contributed by atoms with E-state index in [9.17, 15) is 9.59 Å². The van der Waals surface area contributed by atoms with Crippen molar-refractivity contribution in [2.75, 3.05) is 0 Å². The van der Waals surface area contributed by atoms with Gasteiger partial charge in [0, 0.05) is 6.08 Å². The molecule has 20 heavy (non-hydrogen) atoms. The van der Waals surface area contributed by atoms with E-state index in [1.165, 1.54) is 12.3 Å². The van der Waals surface area contributed by atoms with Gasteiger partial charge in [0.2, 0.25) is 0 Å². The SMILES string of the molecule is NC(=O)/C(=C\c1ccco1)NC(=O)c1ccccc1Cl. The molecule has 0 fully saturated rings. The molecular weight excluding hydrogens is 280 g/mol. The number of carbonyl (C=O) groups excluding carboxylic acids is 2. The minimum Gasteiger partial charge on any atom is -0.465 e. The number of carbonyl (C=O) groups is 2. The first-order chi connectivity index (χ1) is 9.58. The molecule has 102 valence electrons. The maximum Gasteiger partial charge on any atom is 0.265 e. The third kappa shape index (κ3) is 3.27. The first-order valence-corrected chi connectivity index (χ1v) is 6.06. The van der Waals surface area contributed by atoms with E-state index in [1.54, 1.807) is 36.4 Å². The molecule has 1 aromatic heterocycles. The van der Waals surface area contributed by atoms with Crippen LogP contribution in [0.3, 0.4) is 0 Å². The summed E-state index contributed by atoms with van der Waals surface area (Å²) in [4.78, 5) is 23.4. The second-order valence-corrected chi connectivity index (χ2v) is 4.28. The molecule has 2 rings (SSSR count). The molecule has 0 saturated carbocycles. The minimum absolute atomic E-state index is 0.0788. The second-order valence-electron chi connectivity index (χ2n) is 3.87. The average Bonchev–Trinajstić information content (AvgIpc) is 2.91. The van der Waals surface area contributed by atoms with Gasteiger partial charge in [-0.1, -0.05) is 23.7 Å². The molecule has 0 bridgehead atoms. The van der Waals surface area contributed by atoms with Crippen LogP contribution in [0.4, 0.5) is 0 Å². The Morgan fingerprint density at radius 1 is 1.20 bits per heavy atom. The van der Waals surface area contributed by atoms with Crippen molar-refractivity contribution in [2.45, 2.75) is 0 Å². The Kier molecular flexibility index (Phi) is 4.22. The highest BCUT2D eigenvalue weighted by Crippen LogP contribution is 2.15. The van der Waals surface area contributed by atoms with Crippen molar-refractivity contribution >= 4 is 29.5 Å². The Balaban J connectivity index is 2.24. The van der Waals surface area contributed by atoms with Gasteiger partial charge in [-0.25, -0.2) is 0 Å². The van der Waals surface area contributed by atoms with Crippen molar-refractivity contribution in [2.24, 2.45) is 5.73 Å². The van der Waals surface area contributed by atoms with Crippen molar-refractivity contribution in [3.8, 4) is 0 Å². The molecule has 0 aliphatic heterocycles. The third-order valence-corrected chi connectivity index (χ3v) is 2.79. The first kappa shape index (κ1) is 13.9. The zero-order valence-electron chi connectivity index (χ0n) is 10.3. The number of rotatable bonds is 4. The molecule has 0 unspecified atom stereocenters. The number of nitrogens with one attached hydrogen (secondary N) is 1. The third-order valence-electron chi connectivity index (χ3n) is 2.46. The summed E-state index contributed by atoms with van der Waals surface area (Å²) in [7, 11) is 0. The molecule has 0 atom stereocenters. The van der Waals surface area contributed by atoms with Crippen molar-refractivity contribution in [1.82, 2.24) is 5.32 Å². The fourth-order valence-electron chi connectivity index (χ4n) is 1.52. The van der Waals surface area contributed by atoms with E-state index < -0.39 is 11.8 Å². The van der Waals surface area contributed by atoms with Gasteiger partial charge in [0.1, 0.15) is 11.5 Å². The summed E-state index contributed by atoms with van der Waals surface area (Å²) in [6, 6.07) is 9.78. The zero-order chi connectivity index (χ0) is 14.5. The van der Waals surface area contributed by atoms with Gasteiger partial charge in [-0.2, -0.15) is 0 Å². The second kappa shape index (κ2) is 6.08. The molecular formula is C14H11ClN2O3. The highest BCUT2D eigenvalue weighted by molar-refractivity contribution is 6.34. The van der Waals surface area contributed by atoms with Crippen LogP contribution in [0.5, 0.6) is 0 Å². The number of benzene rings is 1. The van der Waals surface area contributed by atoms with E-state index in [4.69, 9.17) is 21.8 Å². The summed E-state index contributed by atoms with van der Waals surface area (Å²) in [5.74, 6) is -0.896. The lowest BCUT2D eigenvalue weighted by Gasteiger charge is -2.07. The molecule has 0 radical (unpaired) electrons. The molecule has 3 N–H and O–H groups in total. The van der Waals surface area contributed by atoms with Gasteiger partial charge in [0.15, 0.2) is 0 Å². The van der Waals surface area contributed by atoms with Crippen LogP contribution in [-0.2, 0) is 4.79 Å². The van der Waals surface area contributed by atoms with Gasteiger partial charge in [-0.15, -0.1) is 0 Å². The number of hydrogen-bond acceptors (Lipinski definition) is 3. The predicted octanol–water partition coefficient (Wildman–Crippen LogP) is 2.19. The van der Waals surface area contributed by atoms with E-state index in [0.29, 0.717) is 5.76 Å². The lowest BCUT2D eigenvalue weighted by atomic mass is 10.2. The topological polar surface area (TPSA) is 85.3 Å². The molecule has 5 nitrogen and oxygen atoms in total. The highest BCUT2D eigenvalue weighted by atomic mass is 35.5. The molecule has 0 aliphatic carbocycles. The van der Waals surface area contributed by atoms with Gasteiger partial charge in [-0.05, 0) is 24.3 Å². The lowest BCUT2D eigenvalue weighted by Crippen LogP contribution is -2.31. The van der Waals surface area contributed by atoms with Gasteiger partial charge in [0.25, 0.3) is 11.8 Å². The van der Waals surface area contributed by atoms with E-state index in [1.807, 2.05) is 0 Å². The van der Waals surface area contributed by atoms with Gasteiger partial charge in [-0.3, -0.25) is 9.59 Å². The Bertz CT molecular complexity index is 663. The quantitative estimate of drug-likeness (QED) is 0.846. The molecule has 0 saturated heterocycles. The summed E-state index contributed by atoms with van der Waals surface area (Å²) in [6.07, 6.45) is 2.79. The number of hydrogen-bond donors (Lipinski definition) is 2. The Morgan fingerprint density at radius 2 is 1.95 bits per heavy atom. The fourth-order valence-corrected chi connectivity index (χ4v) is 1.74. The Morgan fingerprint density at radius 3 is 2.55 bits per heavy atom. The van der Waals surface area contributed by atoms with Gasteiger partial charge in [0.05, 0.1) is 16.8 Å². The van der Waals surface area contributed by atoms with Crippen molar-refractivity contribution < 1.29 is 14.0 Å². The molecule has 1 heterocycles. The van der Waals surface area contributed by atoms with Crippen molar-refractivity contribution in [1.29, 1.82) is 0 Å². The highest BCUT2D eigenvalue weighted by Gasteiger charge is 2.14. The fraction of sp³-hybridized carbons (Fsp3) is 0. The number of primary amides is 1. The standard InChI is InChI=1S/C14H11ClN2O3/c15-11-6-2-1-5-10(11)14(19)17-12(13(16)18)8-9-4-3-7-20-9/h1-8H,(H2,16,18)(H,17,19)/b12-8+. The molecule has 2 amide bonds. The maximum absolute atomic E-state index is 12.0. The molecule has 0 aliphatic rings. The number of halogens is 1. The van der Waals surface area contributed by atoms with Crippen LogP contribution in [0, 0.1) is 0 Å². The zero-order valence-corrected chi connectivity index (χ0v) is 11.1. The van der Waals surface area contributed by atoms with Crippen LogP contribution < -0.4 is 11.1 Å². The molecule has 0 spiro atoms. The van der Waals surface area contributed by atoms with Crippen molar-refractivity contribution in [3.63, 3.8) is 0 Å². The molecule has 1 aromatic carbocycles. The summed E-state index contributed by atoms with van der Waals surface area (Å²) in [5, 5.41) is 2.70. The summed E-state index contributed by atoms with van der Waals surface area (Å²) in [6.45, 7) is 0. The minimum atomic E-state index is -0.776. The van der Waals surface area contributed by atoms with Gasteiger partial charge < -0.3 is 15.5 Å². The van der Waals surface area contributed by atoms with E-state index in [0.717, 1.165) is 0 Å². The first-order valence-electron chi connectivity index (χ1n) is 5.69. The molecule has 2 aromatic rings. The van der Waals surface area contributed by atoms with Crippen LogP contribution >= 0.6 is 11.6 Å². The van der Waals surface area contributed by atoms with E-state index in [2.05, 4.69) is 5.32 Å². The summed E-state index contributed by atoms with van der Waals surface area (Å²) >= 11 is 5.91. The Labute approximate surface area is 120 Å². The monoisotopic (exact) mass is 290 g/mol. The van der Waals surface area contributed by atoms with Crippen molar-refractivity contribution in [3.05, 3.63) is 64.7 Å². The largest absolute Gasteiger partial charge is 0.465 e. The van der Waals surface area contributed by atoms with Crippen LogP contribution in [0.15, 0.2) is 52.8 Å². The van der Waals surface area contributed by atoms with Gasteiger partial charge >= 0.3 is 0 Å². The summed E-state index contributed by atoms with van der Waals surface area (Å²) in [5.41, 5.74) is 5.39. The molecule has 6 heteroatoms. The number of nitrogens with two attached hydrogens (primary N) is 1. The maximum atomic E-state index is 12.0. The smallest absolute Gasteiger partial charge is 0.265 e. The van der Waals surface area contributed by atoms with Crippen LogP contribution in [0.2, 0.25) is 5.02 Å². The number of furan rings is 1. The lowest BCUT2D eigenvalue weighted by molar-refractivity contribution is -0.114. The van der Waals surface area contributed by atoms with Crippen LogP contribution in [0.25, 0.3) is 6.08 Å². The number of amides is 2. The predicted molar refractivity (Wildman–Crippen MR) is 74.8 cm³/mol. The average molecular weight is 291 g/mol. The van der Waals surface area contributed by atoms with E-state index in [-0.39, 0.29) is 16.3 Å². The van der Waals surface area contributed by atoms with Crippen LogP contribution in [0.1, 0.15) is 16.1 Å². The summed E-state index contributed by atoms with van der Waals surface area (Å²) < 4.78 is 5.06.